The highest BCUT2D eigenvalue weighted by atomic mass is 16.6. The maximum Gasteiger partial charge on any atom is 0.325 e. The van der Waals surface area contributed by atoms with Gasteiger partial charge in [0.1, 0.15) is 12.1 Å². The molecule has 0 aliphatic rings. The number of carbonyl (C=O) groups excluding carboxylic acids is 1. The van der Waals surface area contributed by atoms with Crippen molar-refractivity contribution >= 4 is 5.97 Å². The number of rotatable bonds is 6. The van der Waals surface area contributed by atoms with E-state index in [1.807, 2.05) is 6.92 Å². The van der Waals surface area contributed by atoms with Gasteiger partial charge in [-0.1, -0.05) is 6.92 Å². The van der Waals surface area contributed by atoms with E-state index in [-0.39, 0.29) is 5.97 Å². The van der Waals surface area contributed by atoms with Crippen molar-refractivity contribution in [3.63, 3.8) is 0 Å². The van der Waals surface area contributed by atoms with Gasteiger partial charge in [-0.2, -0.15) is 0 Å². The van der Waals surface area contributed by atoms with Crippen molar-refractivity contribution in [1.82, 2.24) is 5.32 Å². The van der Waals surface area contributed by atoms with E-state index in [0.717, 1.165) is 6.54 Å². The molecule has 0 aromatic rings. The second-order valence-electron chi connectivity index (χ2n) is 3.28. The summed E-state index contributed by atoms with van der Waals surface area (Å²) in [5.41, 5.74) is -0.609. The van der Waals surface area contributed by atoms with Crippen molar-refractivity contribution in [1.29, 1.82) is 0 Å². The Morgan fingerprint density at radius 3 is 2.46 bits per heavy atom. The fourth-order valence-electron chi connectivity index (χ4n) is 0.912. The largest absolute Gasteiger partial charge is 0.462 e. The lowest BCUT2D eigenvalue weighted by Crippen LogP contribution is -2.47. The minimum absolute atomic E-state index is 0.244. The molecule has 0 saturated carbocycles. The van der Waals surface area contributed by atoms with Gasteiger partial charge >= 0.3 is 5.97 Å². The van der Waals surface area contributed by atoms with Crippen molar-refractivity contribution in [2.24, 2.45) is 0 Å². The first kappa shape index (κ1) is 12.4. The molecule has 0 aliphatic carbocycles. The zero-order valence-corrected chi connectivity index (χ0v) is 8.85. The summed E-state index contributed by atoms with van der Waals surface area (Å²) >= 11 is 0. The van der Waals surface area contributed by atoms with Gasteiger partial charge in [0, 0.05) is 7.11 Å². The van der Waals surface area contributed by atoms with Crippen LogP contribution in [0.2, 0.25) is 0 Å². The Balaban J connectivity index is 3.80. The summed E-state index contributed by atoms with van der Waals surface area (Å²) in [5, 5.41) is 3.03. The minimum Gasteiger partial charge on any atom is -0.462 e. The molecular formula is C9H19NO3. The Kier molecular flexibility index (Phi) is 5.66. The summed E-state index contributed by atoms with van der Waals surface area (Å²) in [4.78, 5) is 11.4. The average Bonchev–Trinajstić information content (AvgIpc) is 2.04. The minimum atomic E-state index is -0.609. The molecule has 13 heavy (non-hydrogen) atoms. The topological polar surface area (TPSA) is 47.6 Å². The number of nitrogens with one attached hydrogen (secondary N) is 1. The van der Waals surface area contributed by atoms with Crippen LogP contribution in [-0.4, -0.2) is 38.4 Å². The Morgan fingerprint density at radius 2 is 2.00 bits per heavy atom. The smallest absolute Gasteiger partial charge is 0.325 e. The number of likely N-dealkylation sites (N-methyl/N-ethyl adjacent to an activating group) is 1. The third-order valence-corrected chi connectivity index (χ3v) is 1.65. The van der Waals surface area contributed by atoms with Crippen LogP contribution in [0.5, 0.6) is 0 Å². The number of methoxy groups -OCH3 is 1. The number of ether oxygens (including phenoxy) is 2. The molecule has 0 aromatic carbocycles. The van der Waals surface area contributed by atoms with E-state index in [4.69, 9.17) is 9.47 Å². The maximum atomic E-state index is 11.4. The summed E-state index contributed by atoms with van der Waals surface area (Å²) in [6.07, 6.45) is 0. The molecule has 0 spiro atoms. The van der Waals surface area contributed by atoms with E-state index in [1.165, 1.54) is 0 Å². The number of hydrogen-bond acceptors (Lipinski definition) is 4. The number of carbonyl (C=O) groups is 1. The SMILES string of the molecule is CCNC(C)(C)C(=O)OCCOC. The van der Waals surface area contributed by atoms with Crippen LogP contribution in [0.15, 0.2) is 0 Å². The summed E-state index contributed by atoms with van der Waals surface area (Å²) in [5.74, 6) is -0.244. The highest BCUT2D eigenvalue weighted by molar-refractivity contribution is 5.79. The van der Waals surface area contributed by atoms with Crippen LogP contribution in [0.3, 0.4) is 0 Å². The summed E-state index contributed by atoms with van der Waals surface area (Å²) < 4.78 is 9.74. The Labute approximate surface area is 79.6 Å². The third-order valence-electron chi connectivity index (χ3n) is 1.65. The molecule has 0 atom stereocenters. The fraction of sp³-hybridized carbons (Fsp3) is 0.889. The van der Waals surface area contributed by atoms with Gasteiger partial charge in [-0.3, -0.25) is 4.79 Å². The standard InChI is InChI=1S/C9H19NO3/c1-5-10-9(2,3)8(11)13-7-6-12-4/h10H,5-7H2,1-4H3. The van der Waals surface area contributed by atoms with Crippen molar-refractivity contribution < 1.29 is 14.3 Å². The number of esters is 1. The van der Waals surface area contributed by atoms with Crippen molar-refractivity contribution in [2.75, 3.05) is 26.9 Å². The first-order valence-corrected chi connectivity index (χ1v) is 4.45. The summed E-state index contributed by atoms with van der Waals surface area (Å²) in [6, 6.07) is 0. The molecule has 0 unspecified atom stereocenters. The van der Waals surface area contributed by atoms with E-state index in [1.54, 1.807) is 21.0 Å². The van der Waals surface area contributed by atoms with Gasteiger partial charge in [0.15, 0.2) is 0 Å². The Bertz CT molecular complexity index is 157. The molecule has 0 fully saturated rings. The Morgan fingerprint density at radius 1 is 1.38 bits per heavy atom. The lowest BCUT2D eigenvalue weighted by atomic mass is 10.1. The molecule has 0 radical (unpaired) electrons. The van der Waals surface area contributed by atoms with Crippen molar-refractivity contribution in [3.8, 4) is 0 Å². The first-order valence-electron chi connectivity index (χ1n) is 4.45. The highest BCUT2D eigenvalue weighted by Gasteiger charge is 2.27. The molecule has 0 amide bonds. The number of hydrogen-bond donors (Lipinski definition) is 1. The monoisotopic (exact) mass is 189 g/mol. The van der Waals surface area contributed by atoms with E-state index in [9.17, 15) is 4.79 Å². The molecular weight excluding hydrogens is 170 g/mol. The molecule has 0 bridgehead atoms. The molecule has 4 heteroatoms. The predicted molar refractivity (Wildman–Crippen MR) is 50.6 cm³/mol. The molecule has 0 aliphatic heterocycles. The van der Waals surface area contributed by atoms with E-state index < -0.39 is 5.54 Å². The van der Waals surface area contributed by atoms with Crippen molar-refractivity contribution in [3.05, 3.63) is 0 Å². The molecule has 1 N–H and O–H groups in total. The van der Waals surface area contributed by atoms with E-state index in [2.05, 4.69) is 5.32 Å². The van der Waals surface area contributed by atoms with E-state index >= 15 is 0 Å². The predicted octanol–water partition coefficient (Wildman–Crippen LogP) is 0.564. The van der Waals surface area contributed by atoms with Crippen LogP contribution in [0, 0.1) is 0 Å². The van der Waals surface area contributed by atoms with Gasteiger partial charge in [-0.05, 0) is 20.4 Å². The van der Waals surface area contributed by atoms with Gasteiger partial charge in [0.25, 0.3) is 0 Å². The summed E-state index contributed by atoms with van der Waals surface area (Å²) in [6.45, 7) is 7.03. The van der Waals surface area contributed by atoms with Crippen LogP contribution in [-0.2, 0) is 14.3 Å². The van der Waals surface area contributed by atoms with Crippen LogP contribution >= 0.6 is 0 Å². The van der Waals surface area contributed by atoms with Gasteiger partial charge in [-0.15, -0.1) is 0 Å². The third kappa shape index (κ3) is 4.85. The van der Waals surface area contributed by atoms with Gasteiger partial charge < -0.3 is 14.8 Å². The quantitative estimate of drug-likeness (QED) is 0.490. The normalized spacial score (nSPS) is 11.4. The molecule has 4 nitrogen and oxygen atoms in total. The van der Waals surface area contributed by atoms with Crippen LogP contribution in [0.4, 0.5) is 0 Å². The molecule has 0 saturated heterocycles. The summed E-state index contributed by atoms with van der Waals surface area (Å²) in [7, 11) is 1.57. The zero-order chi connectivity index (χ0) is 10.3. The molecule has 0 aromatic heterocycles. The zero-order valence-electron chi connectivity index (χ0n) is 8.85. The van der Waals surface area contributed by atoms with E-state index in [0.29, 0.717) is 13.2 Å². The highest BCUT2D eigenvalue weighted by Crippen LogP contribution is 2.04. The van der Waals surface area contributed by atoms with Crippen LogP contribution in [0.25, 0.3) is 0 Å². The fourth-order valence-corrected chi connectivity index (χ4v) is 0.912. The molecule has 0 rings (SSSR count). The second-order valence-corrected chi connectivity index (χ2v) is 3.28. The second kappa shape index (κ2) is 5.94. The van der Waals surface area contributed by atoms with Crippen LogP contribution in [0.1, 0.15) is 20.8 Å². The molecule has 78 valence electrons. The van der Waals surface area contributed by atoms with Crippen molar-refractivity contribution in [2.45, 2.75) is 26.3 Å². The van der Waals surface area contributed by atoms with Gasteiger partial charge in [0.2, 0.25) is 0 Å². The first-order chi connectivity index (χ1) is 6.04. The van der Waals surface area contributed by atoms with Crippen LogP contribution < -0.4 is 5.32 Å². The lowest BCUT2D eigenvalue weighted by Gasteiger charge is -2.23. The average molecular weight is 189 g/mol. The maximum absolute atomic E-state index is 11.4. The molecule has 0 heterocycles. The Hall–Kier alpha value is -0.610. The van der Waals surface area contributed by atoms with Gasteiger partial charge in [-0.25, -0.2) is 0 Å². The lowest BCUT2D eigenvalue weighted by molar-refractivity contribution is -0.151. The van der Waals surface area contributed by atoms with Gasteiger partial charge in [0.05, 0.1) is 6.61 Å².